The van der Waals surface area contributed by atoms with Crippen LogP contribution in [0, 0.1) is 0 Å². The molecule has 0 aliphatic carbocycles. The molecule has 2 aromatic heterocycles. The van der Waals surface area contributed by atoms with Gasteiger partial charge < -0.3 is 4.57 Å². The highest BCUT2D eigenvalue weighted by molar-refractivity contribution is 7.13. The lowest BCUT2D eigenvalue weighted by molar-refractivity contribution is 0.836. The van der Waals surface area contributed by atoms with Gasteiger partial charge in [0, 0.05) is 11.6 Å². The van der Waals surface area contributed by atoms with Crippen LogP contribution in [0.2, 0.25) is 5.02 Å². The van der Waals surface area contributed by atoms with Crippen molar-refractivity contribution >= 4 is 34.0 Å². The van der Waals surface area contributed by atoms with Crippen molar-refractivity contribution in [3.05, 3.63) is 76.6 Å². The van der Waals surface area contributed by atoms with Gasteiger partial charge in [0.05, 0.1) is 15.9 Å². The Morgan fingerprint density at radius 3 is 2.64 bits per heavy atom. The van der Waals surface area contributed by atoms with Crippen molar-refractivity contribution in [2.75, 3.05) is 0 Å². The number of hydrogen-bond acceptors (Lipinski definition) is 2. The predicted octanol–water partition coefficient (Wildman–Crippen LogP) is 5.47. The number of benzene rings is 2. The summed E-state index contributed by atoms with van der Waals surface area (Å²) in [5.74, 6) is 0.996. The monoisotopic (exact) mass is 324 g/mol. The van der Waals surface area contributed by atoms with E-state index in [9.17, 15) is 0 Å². The zero-order chi connectivity index (χ0) is 14.9. The van der Waals surface area contributed by atoms with Gasteiger partial charge in [0.25, 0.3) is 0 Å². The molecule has 0 unspecified atom stereocenters. The van der Waals surface area contributed by atoms with Crippen LogP contribution in [-0.2, 0) is 6.54 Å². The average Bonchev–Trinajstić information content (AvgIpc) is 3.17. The Kier molecular flexibility index (Phi) is 3.45. The second-order valence-corrected chi connectivity index (χ2v) is 6.50. The lowest BCUT2D eigenvalue weighted by Crippen LogP contribution is -2.01. The number of aromatic nitrogens is 2. The van der Waals surface area contributed by atoms with Gasteiger partial charge in [0.1, 0.15) is 0 Å². The Labute approximate surface area is 137 Å². The van der Waals surface area contributed by atoms with Gasteiger partial charge in [-0.25, -0.2) is 4.98 Å². The largest absolute Gasteiger partial charge is 0.319 e. The van der Waals surface area contributed by atoms with Gasteiger partial charge in [0.15, 0.2) is 5.82 Å². The predicted molar refractivity (Wildman–Crippen MR) is 93.6 cm³/mol. The summed E-state index contributed by atoms with van der Waals surface area (Å²) >= 11 is 7.89. The fourth-order valence-corrected chi connectivity index (χ4v) is 3.50. The second kappa shape index (κ2) is 5.59. The normalized spacial score (nSPS) is 11.1. The molecule has 0 N–H and O–H groups in total. The number of fused-ring (bicyclic) bond motifs is 1. The Balaban J connectivity index is 1.93. The molecule has 0 atom stereocenters. The van der Waals surface area contributed by atoms with E-state index >= 15 is 0 Å². The lowest BCUT2D eigenvalue weighted by Gasteiger charge is -2.08. The minimum absolute atomic E-state index is 0.736. The Morgan fingerprint density at radius 2 is 1.86 bits per heavy atom. The fourth-order valence-electron chi connectivity index (χ4n) is 2.62. The molecule has 0 spiro atoms. The zero-order valence-electron chi connectivity index (χ0n) is 11.7. The van der Waals surface area contributed by atoms with E-state index in [2.05, 4.69) is 46.3 Å². The molecule has 0 aliphatic rings. The summed E-state index contributed by atoms with van der Waals surface area (Å²) < 4.78 is 2.24. The molecule has 2 heterocycles. The van der Waals surface area contributed by atoms with Gasteiger partial charge in [-0.15, -0.1) is 11.3 Å². The van der Waals surface area contributed by atoms with E-state index in [0.29, 0.717) is 0 Å². The number of nitrogens with zero attached hydrogens (tertiary/aromatic N) is 2. The van der Waals surface area contributed by atoms with E-state index in [1.54, 1.807) is 11.3 Å². The van der Waals surface area contributed by atoms with Gasteiger partial charge in [-0.1, -0.05) is 48.0 Å². The molecule has 0 radical (unpaired) electrons. The number of halogens is 1. The summed E-state index contributed by atoms with van der Waals surface area (Å²) in [5.41, 5.74) is 3.29. The fraction of sp³-hybridized carbons (Fsp3) is 0.0556. The first kappa shape index (κ1) is 13.6. The van der Waals surface area contributed by atoms with Crippen molar-refractivity contribution in [2.24, 2.45) is 0 Å². The third kappa shape index (κ3) is 2.43. The molecule has 0 bridgehead atoms. The summed E-state index contributed by atoms with van der Waals surface area (Å²) in [6.45, 7) is 0.783. The first-order chi connectivity index (χ1) is 10.8. The molecular weight excluding hydrogens is 312 g/mol. The first-order valence-corrected chi connectivity index (χ1v) is 8.30. The van der Waals surface area contributed by atoms with Gasteiger partial charge in [0.2, 0.25) is 0 Å². The van der Waals surface area contributed by atoms with Crippen LogP contribution in [0.4, 0.5) is 0 Å². The summed E-state index contributed by atoms with van der Waals surface area (Å²) in [6, 6.07) is 20.4. The Morgan fingerprint density at radius 1 is 1.00 bits per heavy atom. The minimum atomic E-state index is 0.736. The minimum Gasteiger partial charge on any atom is -0.319 e. The molecule has 2 aromatic carbocycles. The average molecular weight is 325 g/mol. The molecule has 0 saturated carbocycles. The first-order valence-electron chi connectivity index (χ1n) is 7.05. The smallest absolute Gasteiger partial charge is 0.151 e. The van der Waals surface area contributed by atoms with E-state index in [4.69, 9.17) is 16.6 Å². The van der Waals surface area contributed by atoms with E-state index < -0.39 is 0 Å². The highest BCUT2D eigenvalue weighted by atomic mass is 35.5. The van der Waals surface area contributed by atoms with Gasteiger partial charge in [-0.3, -0.25) is 0 Å². The number of hydrogen-bond donors (Lipinski definition) is 0. The van der Waals surface area contributed by atoms with Crippen LogP contribution in [0.5, 0.6) is 0 Å². The molecular formula is C18H13ClN2S. The molecule has 2 nitrogen and oxygen atoms in total. The SMILES string of the molecule is Clc1ccc2nc(-c3cccs3)n(Cc3ccccc3)c2c1. The highest BCUT2D eigenvalue weighted by Gasteiger charge is 2.14. The summed E-state index contributed by atoms with van der Waals surface area (Å²) in [7, 11) is 0. The van der Waals surface area contributed by atoms with Crippen LogP contribution in [0.15, 0.2) is 66.0 Å². The number of imidazole rings is 1. The molecule has 0 saturated heterocycles. The third-order valence-electron chi connectivity index (χ3n) is 3.64. The van der Waals surface area contributed by atoms with Gasteiger partial charge >= 0.3 is 0 Å². The Hall–Kier alpha value is -2.10. The lowest BCUT2D eigenvalue weighted by atomic mass is 10.2. The van der Waals surface area contributed by atoms with Crippen molar-refractivity contribution in [3.63, 3.8) is 0 Å². The van der Waals surface area contributed by atoms with Crippen LogP contribution in [-0.4, -0.2) is 9.55 Å². The quantitative estimate of drug-likeness (QED) is 0.489. The molecule has 22 heavy (non-hydrogen) atoms. The van der Waals surface area contributed by atoms with Crippen molar-refractivity contribution < 1.29 is 0 Å². The van der Waals surface area contributed by atoms with Crippen LogP contribution in [0.25, 0.3) is 21.7 Å². The summed E-state index contributed by atoms with van der Waals surface area (Å²) in [5, 5.41) is 2.81. The summed E-state index contributed by atoms with van der Waals surface area (Å²) in [4.78, 5) is 5.98. The molecule has 0 fully saturated rings. The van der Waals surface area contributed by atoms with Crippen LogP contribution in [0.1, 0.15) is 5.56 Å². The van der Waals surface area contributed by atoms with E-state index in [0.717, 1.165) is 28.4 Å². The molecule has 4 aromatic rings. The molecule has 4 heteroatoms. The van der Waals surface area contributed by atoms with Crippen LogP contribution < -0.4 is 0 Å². The van der Waals surface area contributed by atoms with E-state index in [1.165, 1.54) is 10.4 Å². The molecule has 0 amide bonds. The molecule has 108 valence electrons. The van der Waals surface area contributed by atoms with Crippen molar-refractivity contribution in [3.8, 4) is 10.7 Å². The molecule has 0 aliphatic heterocycles. The van der Waals surface area contributed by atoms with Crippen LogP contribution >= 0.6 is 22.9 Å². The summed E-state index contributed by atoms with van der Waals surface area (Å²) in [6.07, 6.45) is 0. The molecule has 4 rings (SSSR count). The second-order valence-electron chi connectivity index (χ2n) is 5.12. The van der Waals surface area contributed by atoms with E-state index in [1.807, 2.05) is 24.3 Å². The van der Waals surface area contributed by atoms with Crippen molar-refractivity contribution in [1.82, 2.24) is 9.55 Å². The Bertz CT molecular complexity index is 911. The topological polar surface area (TPSA) is 17.8 Å². The van der Waals surface area contributed by atoms with E-state index in [-0.39, 0.29) is 0 Å². The maximum absolute atomic E-state index is 6.19. The van der Waals surface area contributed by atoms with Gasteiger partial charge in [-0.05, 0) is 35.2 Å². The number of thiophene rings is 1. The maximum atomic E-state index is 6.19. The van der Waals surface area contributed by atoms with Gasteiger partial charge in [-0.2, -0.15) is 0 Å². The maximum Gasteiger partial charge on any atom is 0.151 e. The van der Waals surface area contributed by atoms with Crippen molar-refractivity contribution in [2.45, 2.75) is 6.54 Å². The standard InChI is InChI=1S/C18H13ClN2S/c19-14-8-9-15-16(11-14)21(12-13-5-2-1-3-6-13)18(20-15)17-7-4-10-22-17/h1-11H,12H2. The zero-order valence-corrected chi connectivity index (χ0v) is 13.3. The van der Waals surface area contributed by atoms with Crippen LogP contribution in [0.3, 0.4) is 0 Å². The van der Waals surface area contributed by atoms with Crippen molar-refractivity contribution in [1.29, 1.82) is 0 Å². The highest BCUT2D eigenvalue weighted by Crippen LogP contribution is 2.30. The number of rotatable bonds is 3. The third-order valence-corrected chi connectivity index (χ3v) is 4.74.